The molecule has 5 nitrogen and oxygen atoms in total. The van der Waals surface area contributed by atoms with Crippen LogP contribution in [0.3, 0.4) is 0 Å². The summed E-state index contributed by atoms with van der Waals surface area (Å²) in [6.07, 6.45) is -0.174. The van der Waals surface area contributed by atoms with Gasteiger partial charge in [-0.15, -0.1) is 0 Å². The molecule has 0 fully saturated rings. The molecule has 0 atom stereocenters. The number of nitrogens with zero attached hydrogens (tertiary/aromatic N) is 1. The van der Waals surface area contributed by atoms with Gasteiger partial charge in [-0.05, 0) is 28.8 Å². The maximum Gasteiger partial charge on any atom is 0.236 e. The summed E-state index contributed by atoms with van der Waals surface area (Å²) in [5.74, 6) is -0.889. The van der Waals surface area contributed by atoms with Crippen molar-refractivity contribution in [3.63, 3.8) is 0 Å². The Balaban J connectivity index is 1.77. The predicted molar refractivity (Wildman–Crippen MR) is 112 cm³/mol. The van der Waals surface area contributed by atoms with Crippen molar-refractivity contribution >= 4 is 17.5 Å². The summed E-state index contributed by atoms with van der Waals surface area (Å²) >= 11 is 0. The van der Waals surface area contributed by atoms with Crippen molar-refractivity contribution < 1.29 is 9.59 Å². The second kappa shape index (κ2) is 9.86. The zero-order valence-corrected chi connectivity index (χ0v) is 15.8. The van der Waals surface area contributed by atoms with E-state index in [2.05, 4.69) is 10.6 Å². The van der Waals surface area contributed by atoms with Crippen molar-refractivity contribution in [2.75, 3.05) is 5.32 Å². The average Bonchev–Trinajstić information content (AvgIpc) is 2.74. The van der Waals surface area contributed by atoms with E-state index in [1.165, 1.54) is 0 Å². The van der Waals surface area contributed by atoms with Crippen LogP contribution < -0.4 is 10.6 Å². The minimum absolute atomic E-state index is 0.131. The van der Waals surface area contributed by atoms with Gasteiger partial charge in [-0.2, -0.15) is 5.26 Å². The lowest BCUT2D eigenvalue weighted by Gasteiger charge is -2.18. The molecule has 0 unspecified atom stereocenters. The van der Waals surface area contributed by atoms with Crippen molar-refractivity contribution in [2.45, 2.75) is 18.9 Å². The molecule has 0 heterocycles. The number of carbonyl (C=O) groups is 2. The maximum absolute atomic E-state index is 13.2. The summed E-state index contributed by atoms with van der Waals surface area (Å²) in [6, 6.07) is 28.4. The van der Waals surface area contributed by atoms with Gasteiger partial charge in [-0.25, -0.2) is 0 Å². The molecule has 2 N–H and O–H groups in total. The van der Waals surface area contributed by atoms with Gasteiger partial charge in [0.15, 0.2) is 0 Å². The van der Waals surface area contributed by atoms with Gasteiger partial charge in [0.2, 0.25) is 11.8 Å². The van der Waals surface area contributed by atoms with E-state index in [0.29, 0.717) is 12.2 Å². The summed E-state index contributed by atoms with van der Waals surface area (Å²) in [6.45, 7) is 0.297. The summed E-state index contributed by atoms with van der Waals surface area (Å²) in [5, 5.41) is 14.2. The molecule has 0 spiro atoms. The number of nitriles is 1. The van der Waals surface area contributed by atoms with Gasteiger partial charge in [0.1, 0.15) is 6.42 Å². The van der Waals surface area contributed by atoms with Crippen molar-refractivity contribution in [1.82, 2.24) is 5.32 Å². The zero-order chi connectivity index (χ0) is 20.5. The molecule has 0 aromatic heterocycles. The molecule has 0 aliphatic heterocycles. The predicted octanol–water partition coefficient (Wildman–Crippen LogP) is 3.99. The molecule has 0 aliphatic rings. The Bertz CT molecular complexity index is 972. The highest BCUT2D eigenvalue weighted by Gasteiger charge is 2.22. The Morgan fingerprint density at radius 3 is 2.07 bits per heavy atom. The maximum atomic E-state index is 13.2. The number of rotatable bonds is 7. The molecule has 0 bridgehead atoms. The Morgan fingerprint density at radius 2 is 1.48 bits per heavy atom. The number of carbonyl (C=O) groups excluding carboxylic acids is 2. The molecule has 0 saturated heterocycles. The summed E-state index contributed by atoms with van der Waals surface area (Å²) < 4.78 is 0. The minimum Gasteiger partial charge on any atom is -0.351 e. The molecule has 3 rings (SSSR count). The summed E-state index contributed by atoms with van der Waals surface area (Å²) in [7, 11) is 0. The molecule has 2 amide bonds. The Morgan fingerprint density at radius 1 is 0.862 bits per heavy atom. The number of hydrogen-bond donors (Lipinski definition) is 2. The van der Waals surface area contributed by atoms with Crippen LogP contribution in [0.4, 0.5) is 5.69 Å². The van der Waals surface area contributed by atoms with Gasteiger partial charge in [0.25, 0.3) is 0 Å². The largest absolute Gasteiger partial charge is 0.351 e. The monoisotopic (exact) mass is 383 g/mol. The van der Waals surface area contributed by atoms with E-state index >= 15 is 0 Å². The fourth-order valence-corrected chi connectivity index (χ4v) is 3.09. The topological polar surface area (TPSA) is 82.0 Å². The van der Waals surface area contributed by atoms with Gasteiger partial charge < -0.3 is 10.6 Å². The Kier molecular flexibility index (Phi) is 6.75. The van der Waals surface area contributed by atoms with Crippen LogP contribution >= 0.6 is 0 Å². The molecule has 29 heavy (non-hydrogen) atoms. The zero-order valence-electron chi connectivity index (χ0n) is 15.8. The highest BCUT2D eigenvalue weighted by atomic mass is 16.2. The molecule has 5 heteroatoms. The fourth-order valence-electron chi connectivity index (χ4n) is 3.09. The molecular formula is C24H21N3O2. The molecule has 0 saturated carbocycles. The highest BCUT2D eigenvalue weighted by Crippen LogP contribution is 2.26. The lowest BCUT2D eigenvalue weighted by molar-refractivity contribution is -0.120. The third kappa shape index (κ3) is 5.53. The first-order valence-corrected chi connectivity index (χ1v) is 9.30. The van der Waals surface area contributed by atoms with E-state index in [4.69, 9.17) is 5.26 Å². The molecule has 144 valence electrons. The smallest absolute Gasteiger partial charge is 0.236 e. The molecule has 3 aromatic carbocycles. The van der Waals surface area contributed by atoms with Crippen LogP contribution in [0.15, 0.2) is 84.9 Å². The number of amides is 2. The van der Waals surface area contributed by atoms with Crippen LogP contribution in [0.25, 0.3) is 0 Å². The molecule has 3 aromatic rings. The lowest BCUT2D eigenvalue weighted by Crippen LogP contribution is -2.23. The number of benzene rings is 3. The van der Waals surface area contributed by atoms with E-state index in [0.717, 1.165) is 16.7 Å². The van der Waals surface area contributed by atoms with Crippen LogP contribution in [0.1, 0.15) is 29.0 Å². The van der Waals surface area contributed by atoms with Crippen LogP contribution in [-0.4, -0.2) is 11.8 Å². The van der Waals surface area contributed by atoms with E-state index in [1.54, 1.807) is 0 Å². The van der Waals surface area contributed by atoms with E-state index in [1.807, 2.05) is 91.0 Å². The number of nitrogens with one attached hydrogen (secondary N) is 2. The van der Waals surface area contributed by atoms with Gasteiger partial charge in [0, 0.05) is 12.2 Å². The van der Waals surface area contributed by atoms with Crippen molar-refractivity contribution in [2.24, 2.45) is 0 Å². The van der Waals surface area contributed by atoms with Crippen LogP contribution in [-0.2, 0) is 16.1 Å². The van der Waals surface area contributed by atoms with Crippen molar-refractivity contribution in [3.8, 4) is 6.07 Å². The molecular weight excluding hydrogens is 362 g/mol. The number of hydrogen-bond acceptors (Lipinski definition) is 3. The van der Waals surface area contributed by atoms with Gasteiger partial charge in [-0.3, -0.25) is 9.59 Å². The second-order valence-electron chi connectivity index (χ2n) is 6.56. The Hall–Kier alpha value is -3.91. The standard InChI is InChI=1S/C24H21N3O2/c25-15-14-22(28)26-17-18-8-7-13-21(16-18)27-24(29)23(19-9-3-1-4-10-19)20-11-5-2-6-12-20/h1-13,16,23H,14,17H2,(H,26,28)(H,27,29). The first-order valence-electron chi connectivity index (χ1n) is 9.30. The summed E-state index contributed by atoms with van der Waals surface area (Å²) in [5.41, 5.74) is 3.32. The lowest BCUT2D eigenvalue weighted by atomic mass is 9.90. The van der Waals surface area contributed by atoms with Crippen molar-refractivity contribution in [1.29, 1.82) is 5.26 Å². The first kappa shape index (κ1) is 19.8. The second-order valence-corrected chi connectivity index (χ2v) is 6.56. The summed E-state index contributed by atoms with van der Waals surface area (Å²) in [4.78, 5) is 24.6. The van der Waals surface area contributed by atoms with Gasteiger partial charge in [0.05, 0.1) is 12.0 Å². The highest BCUT2D eigenvalue weighted by molar-refractivity contribution is 5.98. The minimum atomic E-state index is -0.434. The van der Waals surface area contributed by atoms with E-state index in [9.17, 15) is 9.59 Å². The molecule has 0 radical (unpaired) electrons. The van der Waals surface area contributed by atoms with Crippen molar-refractivity contribution in [3.05, 3.63) is 102 Å². The SMILES string of the molecule is N#CCC(=O)NCc1cccc(NC(=O)C(c2ccccc2)c2ccccc2)c1. The van der Waals surface area contributed by atoms with Gasteiger partial charge in [-0.1, -0.05) is 72.8 Å². The van der Waals surface area contributed by atoms with E-state index < -0.39 is 5.92 Å². The number of anilines is 1. The fraction of sp³-hybridized carbons (Fsp3) is 0.125. The van der Waals surface area contributed by atoms with E-state index in [-0.39, 0.29) is 18.2 Å². The third-order valence-corrected chi connectivity index (χ3v) is 4.45. The van der Waals surface area contributed by atoms with Crippen LogP contribution in [0.5, 0.6) is 0 Å². The third-order valence-electron chi connectivity index (χ3n) is 4.45. The first-order chi connectivity index (χ1) is 14.2. The average molecular weight is 383 g/mol. The van der Waals surface area contributed by atoms with Crippen LogP contribution in [0.2, 0.25) is 0 Å². The molecule has 0 aliphatic carbocycles. The Labute approximate surface area is 170 Å². The quantitative estimate of drug-likeness (QED) is 0.647. The van der Waals surface area contributed by atoms with Crippen LogP contribution in [0, 0.1) is 11.3 Å². The van der Waals surface area contributed by atoms with Gasteiger partial charge >= 0.3 is 0 Å². The normalized spacial score (nSPS) is 10.2.